The van der Waals surface area contributed by atoms with Crippen molar-refractivity contribution in [3.8, 4) is 0 Å². The first-order chi connectivity index (χ1) is 11.3. The summed E-state index contributed by atoms with van der Waals surface area (Å²) in [5, 5.41) is 4.50. The van der Waals surface area contributed by atoms with Crippen LogP contribution in [0.1, 0.15) is 11.1 Å². The number of nitrogens with zero attached hydrogens (tertiary/aromatic N) is 1. The number of benzene rings is 1. The number of carbonyl (C=O) groups excluding carboxylic acids is 2. The Balaban J connectivity index is 2.15. The molecule has 2 heterocycles. The van der Waals surface area contributed by atoms with Crippen LogP contribution in [-0.4, -0.2) is 16.5 Å². The summed E-state index contributed by atoms with van der Waals surface area (Å²) >= 11 is 0. The number of hydrogen-bond acceptors (Lipinski definition) is 3. The largest absolute Gasteiger partial charge is 0.322 e. The zero-order valence-corrected chi connectivity index (χ0v) is 12.6. The van der Waals surface area contributed by atoms with Crippen LogP contribution in [0.2, 0.25) is 0 Å². The van der Waals surface area contributed by atoms with E-state index in [-0.39, 0.29) is 17.7 Å². The fourth-order valence-corrected chi connectivity index (χ4v) is 2.70. The zero-order valence-electron chi connectivity index (χ0n) is 12.6. The molecule has 3 rings (SSSR count). The molecule has 2 aromatic rings. The van der Waals surface area contributed by atoms with Crippen molar-refractivity contribution in [3.63, 3.8) is 0 Å². The molecule has 0 radical (unpaired) electrons. The lowest BCUT2D eigenvalue weighted by Crippen LogP contribution is -2.49. The fourth-order valence-electron chi connectivity index (χ4n) is 2.70. The number of amides is 3. The summed E-state index contributed by atoms with van der Waals surface area (Å²) in [6.07, 6.45) is 1.45. The van der Waals surface area contributed by atoms with Crippen LogP contribution in [0.3, 0.4) is 0 Å². The molecule has 1 aliphatic heterocycles. The second-order valence-corrected chi connectivity index (χ2v) is 5.57. The van der Waals surface area contributed by atoms with Crippen LogP contribution >= 0.6 is 0 Å². The normalized spacial score (nSPS) is 20.0. The number of pyridine rings is 1. The highest BCUT2D eigenvalue weighted by molar-refractivity contribution is 6.07. The molecule has 1 atom stereocenters. The molecule has 2 N–H and O–H groups in total. The maximum Gasteiger partial charge on any atom is 0.322 e. The number of urea groups is 1. The van der Waals surface area contributed by atoms with E-state index >= 15 is 0 Å². The number of hydrogen-bond donors (Lipinski definition) is 2. The fraction of sp³-hybridized carbons (Fsp3) is 0.188. The number of nitrogens with one attached hydrogen (secondary N) is 2. The Kier molecular flexibility index (Phi) is 3.67. The van der Waals surface area contributed by atoms with Gasteiger partial charge in [0.2, 0.25) is 0 Å². The van der Waals surface area contributed by atoms with E-state index in [1.807, 2.05) is 0 Å². The molecule has 1 aliphatic rings. The molecule has 0 spiro atoms. The maximum absolute atomic E-state index is 13.6. The van der Waals surface area contributed by atoms with Crippen LogP contribution in [0.15, 0.2) is 41.3 Å². The summed E-state index contributed by atoms with van der Waals surface area (Å²) in [6, 6.07) is 5.35. The molecule has 0 bridgehead atoms. The Morgan fingerprint density at radius 2 is 1.88 bits per heavy atom. The first-order valence-corrected chi connectivity index (χ1v) is 7.09. The third-order valence-corrected chi connectivity index (χ3v) is 3.97. The zero-order chi connectivity index (χ0) is 17.5. The van der Waals surface area contributed by atoms with Gasteiger partial charge in [0.05, 0.1) is 6.54 Å². The molecular formula is C16H13F2N3O3. The molecule has 1 unspecified atom stereocenters. The van der Waals surface area contributed by atoms with E-state index in [1.54, 1.807) is 19.1 Å². The van der Waals surface area contributed by atoms with Gasteiger partial charge in [0.1, 0.15) is 0 Å². The van der Waals surface area contributed by atoms with E-state index < -0.39 is 29.1 Å². The Labute approximate surface area is 135 Å². The molecule has 1 aromatic carbocycles. The number of aromatic nitrogens is 1. The Morgan fingerprint density at radius 1 is 1.12 bits per heavy atom. The Bertz CT molecular complexity index is 910. The first kappa shape index (κ1) is 15.9. The van der Waals surface area contributed by atoms with E-state index in [0.29, 0.717) is 5.56 Å². The average molecular weight is 333 g/mol. The molecule has 6 nitrogen and oxygen atoms in total. The number of halogens is 2. The van der Waals surface area contributed by atoms with Gasteiger partial charge < -0.3 is 9.88 Å². The molecule has 1 saturated heterocycles. The minimum atomic E-state index is -1.71. The van der Waals surface area contributed by atoms with Crippen molar-refractivity contribution in [2.75, 3.05) is 0 Å². The third kappa shape index (κ3) is 2.45. The highest BCUT2D eigenvalue weighted by Gasteiger charge is 2.48. The van der Waals surface area contributed by atoms with Gasteiger partial charge in [-0.3, -0.25) is 14.9 Å². The summed E-state index contributed by atoms with van der Waals surface area (Å²) in [5.74, 6) is -2.98. The lowest BCUT2D eigenvalue weighted by Gasteiger charge is -2.27. The van der Waals surface area contributed by atoms with Crippen molar-refractivity contribution >= 4 is 11.9 Å². The van der Waals surface area contributed by atoms with Gasteiger partial charge in [0.25, 0.3) is 11.5 Å². The molecular weight excluding hydrogens is 320 g/mol. The minimum absolute atomic E-state index is 0.0400. The molecule has 1 aromatic heterocycles. The highest BCUT2D eigenvalue weighted by Crippen LogP contribution is 2.28. The SMILES string of the molecule is Cc1cccn(CC2(c3ccc(F)c(F)c3)NC(=O)NC2=O)c1=O. The quantitative estimate of drug-likeness (QED) is 0.828. The van der Waals surface area contributed by atoms with Crippen molar-refractivity contribution < 1.29 is 18.4 Å². The first-order valence-electron chi connectivity index (χ1n) is 7.09. The van der Waals surface area contributed by atoms with Crippen LogP contribution in [-0.2, 0) is 16.9 Å². The molecule has 0 saturated carbocycles. The van der Waals surface area contributed by atoms with Crippen LogP contribution < -0.4 is 16.2 Å². The van der Waals surface area contributed by atoms with Crippen LogP contribution in [0.4, 0.5) is 13.6 Å². The lowest BCUT2D eigenvalue weighted by atomic mass is 9.89. The van der Waals surface area contributed by atoms with Gasteiger partial charge in [-0.2, -0.15) is 0 Å². The average Bonchev–Trinajstić information content (AvgIpc) is 2.81. The molecule has 1 fully saturated rings. The maximum atomic E-state index is 13.6. The molecule has 124 valence electrons. The summed E-state index contributed by atoms with van der Waals surface area (Å²) in [6.45, 7) is 1.35. The van der Waals surface area contributed by atoms with Crippen molar-refractivity contribution in [2.24, 2.45) is 0 Å². The van der Waals surface area contributed by atoms with E-state index in [2.05, 4.69) is 10.6 Å². The second kappa shape index (κ2) is 5.55. The number of carbonyl (C=O) groups is 2. The van der Waals surface area contributed by atoms with Crippen molar-refractivity contribution in [3.05, 3.63) is 69.6 Å². The van der Waals surface area contributed by atoms with E-state index in [0.717, 1.165) is 12.1 Å². The van der Waals surface area contributed by atoms with Gasteiger partial charge in [-0.05, 0) is 30.7 Å². The number of rotatable bonds is 3. The number of aryl methyl sites for hydroxylation is 1. The van der Waals surface area contributed by atoms with Gasteiger partial charge in [0.15, 0.2) is 17.2 Å². The van der Waals surface area contributed by atoms with Gasteiger partial charge in [-0.25, -0.2) is 13.6 Å². The van der Waals surface area contributed by atoms with E-state index in [9.17, 15) is 23.2 Å². The van der Waals surface area contributed by atoms with Crippen LogP contribution in [0, 0.1) is 18.6 Å². The lowest BCUT2D eigenvalue weighted by molar-refractivity contribution is -0.124. The van der Waals surface area contributed by atoms with E-state index in [4.69, 9.17) is 0 Å². The van der Waals surface area contributed by atoms with Crippen molar-refractivity contribution in [2.45, 2.75) is 19.0 Å². The molecule has 8 heteroatoms. The van der Waals surface area contributed by atoms with Crippen molar-refractivity contribution in [1.82, 2.24) is 15.2 Å². The minimum Gasteiger partial charge on any atom is -0.318 e. The number of imide groups is 1. The summed E-state index contributed by atoms with van der Waals surface area (Å²) in [4.78, 5) is 36.2. The molecule has 0 aliphatic carbocycles. The molecule has 3 amide bonds. The van der Waals surface area contributed by atoms with Crippen molar-refractivity contribution in [1.29, 1.82) is 0 Å². The summed E-state index contributed by atoms with van der Waals surface area (Å²) < 4.78 is 28.1. The predicted octanol–water partition coefficient (Wildman–Crippen LogP) is 1.17. The second-order valence-electron chi connectivity index (χ2n) is 5.57. The van der Waals surface area contributed by atoms with E-state index in [1.165, 1.54) is 16.8 Å². The Hall–Kier alpha value is -3.03. The standard InChI is InChI=1S/C16H13F2N3O3/c1-9-3-2-6-21(13(9)22)8-16(14(23)19-15(24)20-16)10-4-5-11(17)12(18)7-10/h2-7H,8H2,1H3,(H2,19,20,23,24). The highest BCUT2D eigenvalue weighted by atomic mass is 19.2. The third-order valence-electron chi connectivity index (χ3n) is 3.97. The molecule has 24 heavy (non-hydrogen) atoms. The Morgan fingerprint density at radius 3 is 2.50 bits per heavy atom. The topological polar surface area (TPSA) is 80.2 Å². The predicted molar refractivity (Wildman–Crippen MR) is 80.1 cm³/mol. The van der Waals surface area contributed by atoms with Gasteiger partial charge in [-0.1, -0.05) is 12.1 Å². The monoisotopic (exact) mass is 333 g/mol. The van der Waals surface area contributed by atoms with Gasteiger partial charge in [-0.15, -0.1) is 0 Å². The van der Waals surface area contributed by atoms with Gasteiger partial charge >= 0.3 is 6.03 Å². The smallest absolute Gasteiger partial charge is 0.318 e. The van der Waals surface area contributed by atoms with Crippen LogP contribution in [0.25, 0.3) is 0 Å². The van der Waals surface area contributed by atoms with Crippen LogP contribution in [0.5, 0.6) is 0 Å². The summed E-state index contributed by atoms with van der Waals surface area (Å²) in [7, 11) is 0. The van der Waals surface area contributed by atoms with Gasteiger partial charge in [0, 0.05) is 11.8 Å². The summed E-state index contributed by atoms with van der Waals surface area (Å²) in [5.41, 5.74) is -1.57.